The molecule has 0 atom stereocenters. The van der Waals surface area contributed by atoms with E-state index in [1.165, 1.54) is 18.2 Å². The van der Waals surface area contributed by atoms with Gasteiger partial charge in [-0.2, -0.15) is 0 Å². The van der Waals surface area contributed by atoms with Crippen molar-refractivity contribution < 1.29 is 14.7 Å². The molecule has 2 aromatic rings. The van der Waals surface area contributed by atoms with Crippen LogP contribution in [0.25, 0.3) is 0 Å². The van der Waals surface area contributed by atoms with E-state index in [2.05, 4.69) is 10.6 Å². The number of amides is 2. The lowest BCUT2D eigenvalue weighted by Gasteiger charge is -2.09. The first kappa shape index (κ1) is 15.6. The SMILES string of the molecule is Cc1csc(C(=O)O)c1NC(=O)Nc1cc(Cl)cc(Cl)c1. The van der Waals surface area contributed by atoms with Crippen molar-refractivity contribution in [3.05, 3.63) is 44.1 Å². The topological polar surface area (TPSA) is 78.4 Å². The maximum absolute atomic E-state index is 11.9. The summed E-state index contributed by atoms with van der Waals surface area (Å²) < 4.78 is 0. The molecule has 3 N–H and O–H groups in total. The number of halogens is 2. The zero-order chi connectivity index (χ0) is 15.6. The number of benzene rings is 1. The summed E-state index contributed by atoms with van der Waals surface area (Å²) in [5, 5.41) is 16.6. The van der Waals surface area contributed by atoms with E-state index >= 15 is 0 Å². The molecule has 0 bridgehead atoms. The van der Waals surface area contributed by atoms with Crippen LogP contribution in [0.15, 0.2) is 23.6 Å². The van der Waals surface area contributed by atoms with Crippen molar-refractivity contribution in [1.29, 1.82) is 0 Å². The summed E-state index contributed by atoms with van der Waals surface area (Å²) in [4.78, 5) is 23.1. The number of hydrogen-bond acceptors (Lipinski definition) is 3. The largest absolute Gasteiger partial charge is 0.477 e. The molecule has 0 aliphatic heterocycles. The normalized spacial score (nSPS) is 10.2. The molecule has 0 saturated carbocycles. The average molecular weight is 345 g/mol. The molecule has 0 unspecified atom stereocenters. The van der Waals surface area contributed by atoms with Gasteiger partial charge in [0.25, 0.3) is 0 Å². The van der Waals surface area contributed by atoms with Crippen molar-refractivity contribution in [2.75, 3.05) is 10.6 Å². The fraction of sp³-hybridized carbons (Fsp3) is 0.0769. The van der Waals surface area contributed by atoms with Gasteiger partial charge in [-0.05, 0) is 36.1 Å². The van der Waals surface area contributed by atoms with Crippen molar-refractivity contribution >= 4 is 57.9 Å². The second-order valence-electron chi connectivity index (χ2n) is 4.17. The van der Waals surface area contributed by atoms with Crippen LogP contribution in [-0.2, 0) is 0 Å². The zero-order valence-electron chi connectivity index (χ0n) is 10.7. The van der Waals surface area contributed by atoms with Crippen LogP contribution in [0.4, 0.5) is 16.2 Å². The third-order valence-corrected chi connectivity index (χ3v) is 4.05. The number of rotatable bonds is 3. The number of anilines is 2. The van der Waals surface area contributed by atoms with Gasteiger partial charge >= 0.3 is 12.0 Å². The Morgan fingerprint density at radius 2 is 1.76 bits per heavy atom. The van der Waals surface area contributed by atoms with E-state index in [4.69, 9.17) is 28.3 Å². The molecule has 1 aromatic heterocycles. The highest BCUT2D eigenvalue weighted by Crippen LogP contribution is 2.28. The van der Waals surface area contributed by atoms with E-state index in [0.717, 1.165) is 11.3 Å². The third-order valence-electron chi connectivity index (χ3n) is 2.53. The minimum atomic E-state index is -1.09. The van der Waals surface area contributed by atoms with Crippen LogP contribution in [0.3, 0.4) is 0 Å². The Balaban J connectivity index is 2.15. The van der Waals surface area contributed by atoms with Crippen molar-refractivity contribution in [2.45, 2.75) is 6.92 Å². The van der Waals surface area contributed by atoms with Gasteiger partial charge in [0, 0.05) is 15.7 Å². The number of nitrogens with one attached hydrogen (secondary N) is 2. The van der Waals surface area contributed by atoms with Gasteiger partial charge in [0.2, 0.25) is 0 Å². The van der Waals surface area contributed by atoms with Crippen LogP contribution in [0.5, 0.6) is 0 Å². The van der Waals surface area contributed by atoms with Crippen molar-refractivity contribution in [2.24, 2.45) is 0 Å². The number of carbonyl (C=O) groups excluding carboxylic acids is 1. The number of aryl methyl sites for hydroxylation is 1. The Bertz CT molecular complexity index is 695. The number of hydrogen-bond donors (Lipinski definition) is 3. The molecule has 21 heavy (non-hydrogen) atoms. The molecule has 0 aliphatic rings. The maximum Gasteiger partial charge on any atom is 0.348 e. The van der Waals surface area contributed by atoms with Gasteiger partial charge in [-0.15, -0.1) is 11.3 Å². The lowest BCUT2D eigenvalue weighted by atomic mass is 10.2. The number of aromatic carboxylic acids is 1. The Morgan fingerprint density at radius 1 is 1.14 bits per heavy atom. The van der Waals surface area contributed by atoms with Crippen LogP contribution in [-0.4, -0.2) is 17.1 Å². The molecule has 0 radical (unpaired) electrons. The van der Waals surface area contributed by atoms with E-state index in [1.54, 1.807) is 12.3 Å². The average Bonchev–Trinajstić information content (AvgIpc) is 2.69. The van der Waals surface area contributed by atoms with E-state index in [-0.39, 0.29) is 10.6 Å². The predicted octanol–water partition coefficient (Wildman–Crippen LogP) is 4.71. The summed E-state index contributed by atoms with van der Waals surface area (Å²) in [7, 11) is 0. The summed E-state index contributed by atoms with van der Waals surface area (Å²) in [6.45, 7) is 1.72. The highest BCUT2D eigenvalue weighted by atomic mass is 35.5. The van der Waals surface area contributed by atoms with Gasteiger partial charge in [0.15, 0.2) is 0 Å². The van der Waals surface area contributed by atoms with E-state index in [1.807, 2.05) is 0 Å². The van der Waals surface area contributed by atoms with Crippen LogP contribution >= 0.6 is 34.5 Å². The number of carbonyl (C=O) groups is 2. The Labute approximate surface area is 134 Å². The molecule has 0 spiro atoms. The summed E-state index contributed by atoms with van der Waals surface area (Å²) >= 11 is 12.7. The van der Waals surface area contributed by atoms with Gasteiger partial charge in [0.05, 0.1) is 5.69 Å². The van der Waals surface area contributed by atoms with E-state index in [0.29, 0.717) is 21.3 Å². The van der Waals surface area contributed by atoms with E-state index < -0.39 is 12.0 Å². The highest BCUT2D eigenvalue weighted by molar-refractivity contribution is 7.12. The molecule has 8 heteroatoms. The summed E-state index contributed by atoms with van der Waals surface area (Å²) in [6, 6.07) is 4.03. The molecule has 0 saturated heterocycles. The molecular formula is C13H10Cl2N2O3S. The van der Waals surface area contributed by atoms with Crippen LogP contribution in [0.2, 0.25) is 10.0 Å². The summed E-state index contributed by atoms with van der Waals surface area (Å²) in [6.07, 6.45) is 0. The highest BCUT2D eigenvalue weighted by Gasteiger charge is 2.17. The molecule has 110 valence electrons. The van der Waals surface area contributed by atoms with Gasteiger partial charge in [-0.1, -0.05) is 23.2 Å². The molecule has 2 rings (SSSR count). The van der Waals surface area contributed by atoms with Crippen LogP contribution in [0, 0.1) is 6.92 Å². The third kappa shape index (κ3) is 3.87. The number of thiophene rings is 1. The van der Waals surface area contributed by atoms with Gasteiger partial charge in [-0.3, -0.25) is 0 Å². The number of urea groups is 1. The Morgan fingerprint density at radius 3 is 2.33 bits per heavy atom. The smallest absolute Gasteiger partial charge is 0.348 e. The maximum atomic E-state index is 11.9. The standard InChI is InChI=1S/C13H10Cl2N2O3S/c1-6-5-21-11(12(18)19)10(6)17-13(20)16-9-3-7(14)2-8(15)4-9/h2-5H,1H3,(H,18,19)(H2,16,17,20). The van der Waals surface area contributed by atoms with Crippen molar-refractivity contribution in [3.8, 4) is 0 Å². The first-order valence-electron chi connectivity index (χ1n) is 5.72. The molecule has 0 fully saturated rings. The fourth-order valence-corrected chi connectivity index (χ4v) is 3.03. The number of carboxylic acids is 1. The van der Waals surface area contributed by atoms with Crippen molar-refractivity contribution in [3.63, 3.8) is 0 Å². The quantitative estimate of drug-likeness (QED) is 0.754. The minimum absolute atomic E-state index is 0.0757. The second-order valence-corrected chi connectivity index (χ2v) is 5.92. The Hall–Kier alpha value is -1.76. The minimum Gasteiger partial charge on any atom is -0.477 e. The zero-order valence-corrected chi connectivity index (χ0v) is 13.1. The molecule has 5 nitrogen and oxygen atoms in total. The molecule has 2 amide bonds. The monoisotopic (exact) mass is 344 g/mol. The molecule has 1 heterocycles. The second kappa shape index (κ2) is 6.34. The lowest BCUT2D eigenvalue weighted by Crippen LogP contribution is -2.20. The lowest BCUT2D eigenvalue weighted by molar-refractivity contribution is 0.0703. The van der Waals surface area contributed by atoms with Crippen LogP contribution < -0.4 is 10.6 Å². The summed E-state index contributed by atoms with van der Waals surface area (Å²) in [5.74, 6) is -1.09. The molecule has 0 aliphatic carbocycles. The first-order valence-corrected chi connectivity index (χ1v) is 7.36. The summed E-state index contributed by atoms with van der Waals surface area (Å²) in [5.41, 5.74) is 1.37. The van der Waals surface area contributed by atoms with Gasteiger partial charge in [-0.25, -0.2) is 9.59 Å². The van der Waals surface area contributed by atoms with Crippen molar-refractivity contribution in [1.82, 2.24) is 0 Å². The van der Waals surface area contributed by atoms with E-state index in [9.17, 15) is 9.59 Å². The number of carboxylic acid groups (broad SMARTS) is 1. The van der Waals surface area contributed by atoms with Gasteiger partial charge in [0.1, 0.15) is 4.88 Å². The molecular weight excluding hydrogens is 335 g/mol. The predicted molar refractivity (Wildman–Crippen MR) is 85.1 cm³/mol. The van der Waals surface area contributed by atoms with Gasteiger partial charge < -0.3 is 15.7 Å². The fourth-order valence-electron chi connectivity index (χ4n) is 1.66. The first-order chi connectivity index (χ1) is 9.86. The molecule has 1 aromatic carbocycles. The Kier molecular flexibility index (Phi) is 4.72. The van der Waals surface area contributed by atoms with Crippen LogP contribution in [0.1, 0.15) is 15.2 Å².